The van der Waals surface area contributed by atoms with E-state index in [1.54, 1.807) is 25.1 Å². The van der Waals surface area contributed by atoms with Gasteiger partial charge in [0, 0.05) is 11.1 Å². The summed E-state index contributed by atoms with van der Waals surface area (Å²) < 4.78 is 0. The van der Waals surface area contributed by atoms with E-state index >= 15 is 0 Å². The summed E-state index contributed by atoms with van der Waals surface area (Å²) in [7, 11) is 0. The first-order chi connectivity index (χ1) is 9.88. The van der Waals surface area contributed by atoms with Gasteiger partial charge in [-0.05, 0) is 36.8 Å². The van der Waals surface area contributed by atoms with Crippen molar-refractivity contribution in [1.82, 2.24) is 4.98 Å². The molecule has 2 rings (SSSR count). The van der Waals surface area contributed by atoms with Crippen molar-refractivity contribution in [2.75, 3.05) is 5.32 Å². The fourth-order valence-corrected chi connectivity index (χ4v) is 2.32. The van der Waals surface area contributed by atoms with Crippen molar-refractivity contribution < 1.29 is 9.59 Å². The predicted octanol–water partition coefficient (Wildman–Crippen LogP) is 3.05. The molecule has 0 aliphatic heterocycles. The summed E-state index contributed by atoms with van der Waals surface area (Å²) in [6.45, 7) is 1.74. The Labute approximate surface area is 131 Å². The minimum atomic E-state index is -0.605. The lowest BCUT2D eigenvalue weighted by Gasteiger charge is -2.10. The summed E-state index contributed by atoms with van der Waals surface area (Å²) in [6.07, 6.45) is 0. The molecular weight excluding hydrogens is 313 g/mol. The summed E-state index contributed by atoms with van der Waals surface area (Å²) in [6, 6.07) is 7.66. The van der Waals surface area contributed by atoms with Crippen molar-refractivity contribution in [2.45, 2.75) is 6.92 Å². The van der Waals surface area contributed by atoms with Gasteiger partial charge in [0.25, 0.3) is 5.91 Å². The molecule has 5 nitrogen and oxygen atoms in total. The second-order valence-electron chi connectivity index (χ2n) is 4.33. The predicted molar refractivity (Wildman–Crippen MR) is 81.9 cm³/mol. The molecule has 0 saturated carbocycles. The van der Waals surface area contributed by atoms with E-state index in [0.29, 0.717) is 11.3 Å². The van der Waals surface area contributed by atoms with Gasteiger partial charge in [-0.15, -0.1) is 0 Å². The van der Waals surface area contributed by atoms with Crippen molar-refractivity contribution in [1.29, 1.82) is 0 Å². The van der Waals surface area contributed by atoms with Crippen molar-refractivity contribution in [3.63, 3.8) is 0 Å². The standard InChI is InChI=1S/C14H11Cl2N3O2/c1-7-5-10(15)18-12(16)11(7)19-14(21)9-4-2-3-8(6-9)13(17)20/h2-6H,1H3,(H2,17,20)(H,19,21). The third-order valence-corrected chi connectivity index (χ3v) is 3.26. The molecule has 0 aliphatic rings. The summed E-state index contributed by atoms with van der Waals surface area (Å²) in [5.41, 5.74) is 6.77. The van der Waals surface area contributed by atoms with Crippen LogP contribution in [0, 0.1) is 6.92 Å². The van der Waals surface area contributed by atoms with Gasteiger partial charge in [0.05, 0.1) is 5.69 Å². The van der Waals surface area contributed by atoms with Gasteiger partial charge in [-0.3, -0.25) is 9.59 Å². The van der Waals surface area contributed by atoms with Crippen molar-refractivity contribution in [3.8, 4) is 0 Å². The first-order valence-corrected chi connectivity index (χ1v) is 6.68. The molecule has 0 aliphatic carbocycles. The number of halogens is 2. The Morgan fingerprint density at radius 2 is 1.86 bits per heavy atom. The lowest BCUT2D eigenvalue weighted by molar-refractivity contribution is 0.1000. The summed E-state index contributed by atoms with van der Waals surface area (Å²) in [5, 5.41) is 2.98. The lowest BCUT2D eigenvalue weighted by Crippen LogP contribution is -2.16. The van der Waals surface area contributed by atoms with Gasteiger partial charge in [-0.2, -0.15) is 0 Å². The highest BCUT2D eigenvalue weighted by molar-refractivity contribution is 6.35. The highest BCUT2D eigenvalue weighted by Gasteiger charge is 2.13. The van der Waals surface area contributed by atoms with E-state index < -0.39 is 11.8 Å². The van der Waals surface area contributed by atoms with Crippen LogP contribution in [0.1, 0.15) is 26.3 Å². The fourth-order valence-electron chi connectivity index (χ4n) is 1.75. The van der Waals surface area contributed by atoms with E-state index in [4.69, 9.17) is 28.9 Å². The Morgan fingerprint density at radius 1 is 1.19 bits per heavy atom. The summed E-state index contributed by atoms with van der Waals surface area (Å²) in [4.78, 5) is 27.2. The first kappa shape index (κ1) is 15.3. The zero-order valence-electron chi connectivity index (χ0n) is 11.0. The maximum atomic E-state index is 12.2. The highest BCUT2D eigenvalue weighted by Crippen LogP contribution is 2.26. The molecule has 1 heterocycles. The minimum absolute atomic E-state index is 0.0967. The Morgan fingerprint density at radius 3 is 2.48 bits per heavy atom. The zero-order valence-corrected chi connectivity index (χ0v) is 12.5. The molecule has 0 spiro atoms. The summed E-state index contributed by atoms with van der Waals surface area (Å²) in [5.74, 6) is -1.03. The molecule has 7 heteroatoms. The molecule has 2 aromatic rings. The van der Waals surface area contributed by atoms with Crippen LogP contribution in [0.5, 0.6) is 0 Å². The number of nitrogens with two attached hydrogens (primary N) is 1. The van der Waals surface area contributed by atoms with Crippen molar-refractivity contribution in [3.05, 3.63) is 57.3 Å². The van der Waals surface area contributed by atoms with Crippen LogP contribution >= 0.6 is 23.2 Å². The van der Waals surface area contributed by atoms with E-state index in [0.717, 1.165) is 0 Å². The number of aryl methyl sites for hydroxylation is 1. The third-order valence-electron chi connectivity index (χ3n) is 2.79. The molecule has 0 fully saturated rings. The number of carbonyl (C=O) groups is 2. The molecule has 3 N–H and O–H groups in total. The van der Waals surface area contributed by atoms with Gasteiger partial charge in [-0.1, -0.05) is 29.3 Å². The van der Waals surface area contributed by atoms with E-state index in [-0.39, 0.29) is 21.4 Å². The average molecular weight is 324 g/mol. The molecule has 0 radical (unpaired) electrons. The van der Waals surface area contributed by atoms with Crippen LogP contribution in [0.4, 0.5) is 5.69 Å². The molecular formula is C14H11Cl2N3O2. The molecule has 1 aromatic carbocycles. The number of benzene rings is 1. The van der Waals surface area contributed by atoms with Crippen LogP contribution < -0.4 is 11.1 Å². The lowest BCUT2D eigenvalue weighted by atomic mass is 10.1. The number of pyridine rings is 1. The Bertz CT molecular complexity index is 709. The van der Waals surface area contributed by atoms with E-state index in [1.807, 2.05) is 0 Å². The van der Waals surface area contributed by atoms with Gasteiger partial charge in [0.2, 0.25) is 5.91 Å². The second-order valence-corrected chi connectivity index (χ2v) is 5.07. The maximum absolute atomic E-state index is 12.2. The number of nitrogens with zero attached hydrogens (tertiary/aromatic N) is 1. The van der Waals surface area contributed by atoms with Crippen molar-refractivity contribution in [2.24, 2.45) is 5.73 Å². The van der Waals surface area contributed by atoms with Crippen LogP contribution in [0.25, 0.3) is 0 Å². The second kappa shape index (κ2) is 6.11. The Kier molecular flexibility index (Phi) is 4.45. The molecule has 0 saturated heterocycles. The van der Waals surface area contributed by atoms with Gasteiger partial charge in [0.1, 0.15) is 5.15 Å². The summed E-state index contributed by atoms with van der Waals surface area (Å²) >= 11 is 11.7. The number of amides is 2. The minimum Gasteiger partial charge on any atom is -0.366 e. The van der Waals surface area contributed by atoms with Crippen LogP contribution in [0.3, 0.4) is 0 Å². The maximum Gasteiger partial charge on any atom is 0.255 e. The number of anilines is 1. The molecule has 108 valence electrons. The zero-order chi connectivity index (χ0) is 15.6. The van der Waals surface area contributed by atoms with E-state index in [9.17, 15) is 9.59 Å². The topological polar surface area (TPSA) is 85.1 Å². The quantitative estimate of drug-likeness (QED) is 0.851. The third kappa shape index (κ3) is 3.51. The SMILES string of the molecule is Cc1cc(Cl)nc(Cl)c1NC(=O)c1cccc(C(N)=O)c1. The number of aromatic nitrogens is 1. The molecule has 2 amide bonds. The monoisotopic (exact) mass is 323 g/mol. The molecule has 0 unspecified atom stereocenters. The number of hydrogen-bond donors (Lipinski definition) is 2. The average Bonchev–Trinajstić information content (AvgIpc) is 2.42. The van der Waals surface area contributed by atoms with Gasteiger partial charge in [0.15, 0.2) is 5.15 Å². The number of primary amides is 1. The van der Waals surface area contributed by atoms with Crippen LogP contribution in [0.2, 0.25) is 10.3 Å². The fraction of sp³-hybridized carbons (Fsp3) is 0.0714. The molecule has 1 aromatic heterocycles. The van der Waals surface area contributed by atoms with Crippen molar-refractivity contribution >= 4 is 40.7 Å². The highest BCUT2D eigenvalue weighted by atomic mass is 35.5. The Hall–Kier alpha value is -2.11. The first-order valence-electron chi connectivity index (χ1n) is 5.92. The van der Waals surface area contributed by atoms with Gasteiger partial charge >= 0.3 is 0 Å². The molecule has 0 atom stereocenters. The number of rotatable bonds is 3. The normalized spacial score (nSPS) is 10.2. The number of nitrogens with one attached hydrogen (secondary N) is 1. The Balaban J connectivity index is 2.30. The number of hydrogen-bond acceptors (Lipinski definition) is 3. The van der Waals surface area contributed by atoms with Crippen LogP contribution in [0.15, 0.2) is 30.3 Å². The number of carbonyl (C=O) groups excluding carboxylic acids is 2. The van der Waals surface area contributed by atoms with Crippen LogP contribution in [-0.2, 0) is 0 Å². The van der Waals surface area contributed by atoms with Gasteiger partial charge < -0.3 is 11.1 Å². The molecule has 0 bridgehead atoms. The van der Waals surface area contributed by atoms with E-state index in [2.05, 4.69) is 10.3 Å². The van der Waals surface area contributed by atoms with Gasteiger partial charge in [-0.25, -0.2) is 4.98 Å². The van der Waals surface area contributed by atoms with Crippen LogP contribution in [-0.4, -0.2) is 16.8 Å². The largest absolute Gasteiger partial charge is 0.366 e. The molecule has 21 heavy (non-hydrogen) atoms. The smallest absolute Gasteiger partial charge is 0.255 e. The van der Waals surface area contributed by atoms with E-state index in [1.165, 1.54) is 12.1 Å².